The molecule has 0 saturated heterocycles. The van der Waals surface area contributed by atoms with E-state index in [1.165, 1.54) is 0 Å². The highest BCUT2D eigenvalue weighted by Gasteiger charge is 2.20. The van der Waals surface area contributed by atoms with Crippen molar-refractivity contribution in [1.82, 2.24) is 9.97 Å². The lowest BCUT2D eigenvalue weighted by Gasteiger charge is -2.22. The van der Waals surface area contributed by atoms with Crippen LogP contribution in [0.1, 0.15) is 31.9 Å². The predicted octanol–water partition coefficient (Wildman–Crippen LogP) is 2.35. The fourth-order valence-electron chi connectivity index (χ4n) is 1.88. The number of pyridine rings is 1. The Kier molecular flexibility index (Phi) is 2.27. The number of aliphatic hydroxyl groups is 1. The number of hydrogen-bond donors (Lipinski definition) is 2. The molecule has 15 heavy (non-hydrogen) atoms. The van der Waals surface area contributed by atoms with E-state index in [2.05, 4.69) is 30.7 Å². The molecule has 0 aliphatic heterocycles. The molecule has 2 aromatic heterocycles. The molecule has 3 nitrogen and oxygen atoms in total. The molecule has 0 saturated carbocycles. The molecule has 0 atom stereocenters. The van der Waals surface area contributed by atoms with Crippen LogP contribution in [0.2, 0.25) is 0 Å². The zero-order valence-corrected chi connectivity index (χ0v) is 9.33. The van der Waals surface area contributed by atoms with Crippen molar-refractivity contribution in [3.8, 4) is 0 Å². The zero-order valence-electron chi connectivity index (χ0n) is 9.33. The normalized spacial score (nSPS) is 12.3. The molecule has 0 amide bonds. The van der Waals surface area contributed by atoms with Gasteiger partial charge < -0.3 is 10.1 Å². The van der Waals surface area contributed by atoms with Crippen molar-refractivity contribution in [1.29, 1.82) is 0 Å². The highest BCUT2D eigenvalue weighted by Crippen LogP contribution is 2.29. The average molecular weight is 204 g/mol. The van der Waals surface area contributed by atoms with Gasteiger partial charge in [-0.2, -0.15) is 0 Å². The molecule has 0 fully saturated rings. The van der Waals surface area contributed by atoms with E-state index in [9.17, 15) is 5.11 Å². The van der Waals surface area contributed by atoms with E-state index >= 15 is 0 Å². The zero-order chi connectivity index (χ0) is 11.1. The summed E-state index contributed by atoms with van der Waals surface area (Å²) in [6.45, 7) is 6.44. The highest BCUT2D eigenvalue weighted by molar-refractivity contribution is 5.80. The van der Waals surface area contributed by atoms with Crippen LogP contribution in [-0.2, 0) is 12.0 Å². The van der Waals surface area contributed by atoms with Crippen LogP contribution in [0, 0.1) is 0 Å². The Balaban J connectivity index is 2.75. The van der Waals surface area contributed by atoms with Crippen LogP contribution in [0.4, 0.5) is 0 Å². The number of hydrogen-bond acceptors (Lipinski definition) is 2. The fourth-order valence-corrected chi connectivity index (χ4v) is 1.88. The van der Waals surface area contributed by atoms with E-state index in [4.69, 9.17) is 0 Å². The monoisotopic (exact) mass is 204 g/mol. The minimum atomic E-state index is 0.0104. The molecule has 80 valence electrons. The molecule has 0 bridgehead atoms. The van der Waals surface area contributed by atoms with Crippen molar-refractivity contribution in [3.05, 3.63) is 29.6 Å². The summed E-state index contributed by atoms with van der Waals surface area (Å²) in [6, 6.07) is 1.96. The SMILES string of the molecule is CC(C)(C)c1cnc2[nH]ccc2c1CO. The quantitative estimate of drug-likeness (QED) is 0.749. The van der Waals surface area contributed by atoms with Crippen LogP contribution in [-0.4, -0.2) is 15.1 Å². The van der Waals surface area contributed by atoms with Gasteiger partial charge in [-0.05, 0) is 22.6 Å². The van der Waals surface area contributed by atoms with Gasteiger partial charge in [0, 0.05) is 17.8 Å². The van der Waals surface area contributed by atoms with Crippen LogP contribution in [0.5, 0.6) is 0 Å². The van der Waals surface area contributed by atoms with Crippen molar-refractivity contribution in [3.63, 3.8) is 0 Å². The Bertz CT molecular complexity index is 480. The van der Waals surface area contributed by atoms with Crippen LogP contribution in [0.15, 0.2) is 18.5 Å². The van der Waals surface area contributed by atoms with Gasteiger partial charge in [0.2, 0.25) is 0 Å². The Morgan fingerprint density at radius 1 is 1.40 bits per heavy atom. The van der Waals surface area contributed by atoms with Crippen molar-refractivity contribution in [2.45, 2.75) is 32.8 Å². The average Bonchev–Trinajstić information content (AvgIpc) is 2.61. The third-order valence-corrected chi connectivity index (χ3v) is 2.66. The molecule has 0 unspecified atom stereocenters. The number of aromatic nitrogens is 2. The number of rotatable bonds is 1. The summed E-state index contributed by atoms with van der Waals surface area (Å²) in [5.74, 6) is 0. The molecule has 3 heteroatoms. The second-order valence-electron chi connectivity index (χ2n) is 4.80. The first-order valence-electron chi connectivity index (χ1n) is 5.10. The van der Waals surface area contributed by atoms with Crippen molar-refractivity contribution < 1.29 is 5.11 Å². The first kappa shape index (κ1) is 10.2. The minimum absolute atomic E-state index is 0.0104. The van der Waals surface area contributed by atoms with Gasteiger partial charge in [-0.1, -0.05) is 20.8 Å². The third kappa shape index (κ3) is 1.63. The standard InChI is InChI=1S/C12H16N2O/c1-12(2,3)10-6-14-11-8(4-5-13-11)9(10)7-15/h4-6,15H,7H2,1-3H3,(H,13,14). The summed E-state index contributed by atoms with van der Waals surface area (Å²) < 4.78 is 0. The van der Waals surface area contributed by atoms with Gasteiger partial charge in [-0.15, -0.1) is 0 Å². The van der Waals surface area contributed by atoms with Crippen LogP contribution >= 0.6 is 0 Å². The summed E-state index contributed by atoms with van der Waals surface area (Å²) in [5.41, 5.74) is 2.94. The number of aromatic amines is 1. The van der Waals surface area contributed by atoms with Gasteiger partial charge in [0.15, 0.2) is 0 Å². The van der Waals surface area contributed by atoms with E-state index in [0.29, 0.717) is 0 Å². The Labute approximate surface area is 89.2 Å². The van der Waals surface area contributed by atoms with Crippen molar-refractivity contribution in [2.24, 2.45) is 0 Å². The Morgan fingerprint density at radius 2 is 2.13 bits per heavy atom. The first-order valence-corrected chi connectivity index (χ1v) is 5.10. The number of fused-ring (bicyclic) bond motifs is 1. The molecule has 2 aromatic rings. The minimum Gasteiger partial charge on any atom is -0.392 e. The molecule has 2 heterocycles. The number of nitrogens with zero attached hydrogens (tertiary/aromatic N) is 1. The molecule has 0 radical (unpaired) electrons. The number of H-pyrrole nitrogens is 1. The summed E-state index contributed by atoms with van der Waals surface area (Å²) in [7, 11) is 0. The van der Waals surface area contributed by atoms with Gasteiger partial charge in [-0.25, -0.2) is 4.98 Å². The van der Waals surface area contributed by atoms with Crippen LogP contribution in [0.25, 0.3) is 11.0 Å². The summed E-state index contributed by atoms with van der Waals surface area (Å²) >= 11 is 0. The lowest BCUT2D eigenvalue weighted by molar-refractivity contribution is 0.280. The third-order valence-electron chi connectivity index (χ3n) is 2.66. The van der Waals surface area contributed by atoms with Gasteiger partial charge in [0.05, 0.1) is 6.61 Å². The Morgan fingerprint density at radius 3 is 2.73 bits per heavy atom. The molecule has 0 spiro atoms. The smallest absolute Gasteiger partial charge is 0.137 e. The molecular weight excluding hydrogens is 188 g/mol. The topological polar surface area (TPSA) is 48.9 Å². The lowest BCUT2D eigenvalue weighted by Crippen LogP contribution is -2.15. The molecule has 0 aliphatic carbocycles. The number of nitrogens with one attached hydrogen (secondary N) is 1. The van der Waals surface area contributed by atoms with Crippen molar-refractivity contribution in [2.75, 3.05) is 0 Å². The maximum absolute atomic E-state index is 9.46. The van der Waals surface area contributed by atoms with Gasteiger partial charge in [0.25, 0.3) is 0 Å². The van der Waals surface area contributed by atoms with Gasteiger partial charge in [-0.3, -0.25) is 0 Å². The Hall–Kier alpha value is -1.35. The van der Waals surface area contributed by atoms with Gasteiger partial charge >= 0.3 is 0 Å². The van der Waals surface area contributed by atoms with Crippen LogP contribution in [0.3, 0.4) is 0 Å². The summed E-state index contributed by atoms with van der Waals surface area (Å²) in [6.07, 6.45) is 3.70. The van der Waals surface area contributed by atoms with E-state index in [1.807, 2.05) is 18.5 Å². The largest absolute Gasteiger partial charge is 0.392 e. The second kappa shape index (κ2) is 3.35. The second-order valence-corrected chi connectivity index (χ2v) is 4.80. The maximum Gasteiger partial charge on any atom is 0.137 e. The van der Waals surface area contributed by atoms with Crippen molar-refractivity contribution >= 4 is 11.0 Å². The molecular formula is C12H16N2O. The fraction of sp³-hybridized carbons (Fsp3) is 0.417. The van der Waals surface area contributed by atoms with E-state index in [1.54, 1.807) is 0 Å². The predicted molar refractivity (Wildman–Crippen MR) is 60.7 cm³/mol. The first-order chi connectivity index (χ1) is 7.04. The maximum atomic E-state index is 9.46. The summed E-state index contributed by atoms with van der Waals surface area (Å²) in [5, 5.41) is 10.5. The van der Waals surface area contributed by atoms with Gasteiger partial charge in [0.1, 0.15) is 5.65 Å². The highest BCUT2D eigenvalue weighted by atomic mass is 16.3. The molecule has 0 aromatic carbocycles. The molecule has 2 N–H and O–H groups in total. The molecule has 2 rings (SSSR count). The number of aliphatic hydroxyl groups excluding tert-OH is 1. The molecule has 0 aliphatic rings. The van der Waals surface area contributed by atoms with E-state index in [-0.39, 0.29) is 12.0 Å². The lowest BCUT2D eigenvalue weighted by atomic mass is 9.84. The van der Waals surface area contributed by atoms with Crippen LogP contribution < -0.4 is 0 Å². The van der Waals surface area contributed by atoms with E-state index in [0.717, 1.165) is 22.2 Å². The summed E-state index contributed by atoms with van der Waals surface area (Å²) in [4.78, 5) is 7.40. The van der Waals surface area contributed by atoms with E-state index < -0.39 is 0 Å².